The van der Waals surface area contributed by atoms with Gasteiger partial charge < -0.3 is 24.3 Å². The number of quaternary nitrogens is 1. The minimum atomic E-state index is -4.64. The maximum atomic E-state index is 9.66. The molecule has 0 fully saturated rings. The molecular weight excluding hydrogens is 365 g/mol. The molecule has 7 heteroatoms. The number of aliphatic hydroxyl groups excluding tert-OH is 1. The highest BCUT2D eigenvalue weighted by molar-refractivity contribution is 7.45. The van der Waals surface area contributed by atoms with Gasteiger partial charge in [-0.1, -0.05) is 84.0 Å². The number of rotatable bonds is 16. The Bertz CT molecular complexity index is 350. The van der Waals surface area contributed by atoms with Gasteiger partial charge in [-0.05, 0) is 12.8 Å². The molecule has 0 amide bonds. The Balaban J connectivity index is 0. The minimum absolute atomic E-state index is 0.248. The van der Waals surface area contributed by atoms with E-state index in [1.54, 1.807) is 0 Å². The number of hydrogen-bond donors (Lipinski definition) is 4. The van der Waals surface area contributed by atoms with Crippen LogP contribution in [0, 0.1) is 0 Å². The van der Waals surface area contributed by atoms with Gasteiger partial charge in [0.05, 0.1) is 20.6 Å². The molecule has 166 valence electrons. The molecule has 0 aliphatic carbocycles. The Morgan fingerprint density at radius 2 is 0.963 bits per heavy atom. The van der Waals surface area contributed by atoms with E-state index in [2.05, 4.69) is 21.0 Å². The Morgan fingerprint density at radius 1 is 0.704 bits per heavy atom. The molecule has 0 radical (unpaired) electrons. The second-order valence-corrected chi connectivity index (χ2v) is 9.27. The number of aliphatic hydroxyl groups is 1. The second-order valence-electron chi connectivity index (χ2n) is 8.24. The maximum absolute atomic E-state index is 9.66. The zero-order chi connectivity index (χ0) is 21.2. The topological polar surface area (TPSA) is 98.0 Å². The summed E-state index contributed by atoms with van der Waals surface area (Å²) in [6, 6.07) is 0. The fraction of sp³-hybridized carbons (Fsp3) is 1.00. The van der Waals surface area contributed by atoms with Crippen LogP contribution in [0.2, 0.25) is 0 Å². The van der Waals surface area contributed by atoms with Crippen LogP contribution in [0.3, 0.4) is 0 Å². The summed E-state index contributed by atoms with van der Waals surface area (Å²) in [7, 11) is -0.403. The molecule has 0 aromatic carbocycles. The predicted octanol–water partition coefficient (Wildman–Crippen LogP) is 4.95. The van der Waals surface area contributed by atoms with E-state index in [1.807, 2.05) is 6.92 Å². The third-order valence-corrected chi connectivity index (χ3v) is 5.10. The van der Waals surface area contributed by atoms with Crippen molar-refractivity contribution in [2.24, 2.45) is 0 Å². The lowest BCUT2D eigenvalue weighted by atomic mass is 10.0. The van der Waals surface area contributed by atoms with Crippen LogP contribution in [0.5, 0.6) is 0 Å². The van der Waals surface area contributed by atoms with E-state index in [0.717, 1.165) is 11.0 Å². The highest BCUT2D eigenvalue weighted by Gasteiger charge is 2.20. The van der Waals surface area contributed by atoms with Gasteiger partial charge in [-0.25, -0.2) is 4.57 Å². The first kappa shape index (κ1) is 29.2. The molecule has 0 heterocycles. The molecule has 1 atom stereocenters. The molecule has 0 aliphatic rings. The van der Waals surface area contributed by atoms with Crippen molar-refractivity contribution in [1.82, 2.24) is 0 Å². The second kappa shape index (κ2) is 18.1. The number of hydrogen-bond acceptors (Lipinski definition) is 2. The molecule has 0 aromatic heterocycles. The number of phosphoric acid groups is 1. The van der Waals surface area contributed by atoms with Gasteiger partial charge >= 0.3 is 7.82 Å². The van der Waals surface area contributed by atoms with Crippen molar-refractivity contribution in [3.05, 3.63) is 0 Å². The van der Waals surface area contributed by atoms with Crippen LogP contribution in [0.15, 0.2) is 0 Å². The van der Waals surface area contributed by atoms with Gasteiger partial charge in [-0.2, -0.15) is 0 Å². The molecule has 0 saturated carbocycles. The van der Waals surface area contributed by atoms with Crippen molar-refractivity contribution in [1.29, 1.82) is 0 Å². The van der Waals surface area contributed by atoms with Gasteiger partial charge in [0.1, 0.15) is 0 Å². The molecule has 6 nitrogen and oxygen atoms in total. The van der Waals surface area contributed by atoms with Crippen LogP contribution < -0.4 is 0 Å². The highest BCUT2D eigenvalue weighted by Crippen LogP contribution is 2.25. The Kier molecular flexibility index (Phi) is 19.6. The first-order valence-corrected chi connectivity index (χ1v) is 12.4. The van der Waals surface area contributed by atoms with Crippen LogP contribution in [-0.4, -0.2) is 51.1 Å². The summed E-state index contributed by atoms with van der Waals surface area (Å²) in [5.74, 6) is 0. The smallest absolute Gasteiger partial charge is 0.345 e. The molecule has 4 N–H and O–H groups in total. The summed E-state index contributed by atoms with van der Waals surface area (Å²) in [4.78, 5) is 21.6. The first-order chi connectivity index (χ1) is 12.5. The van der Waals surface area contributed by atoms with Gasteiger partial charge in [-0.15, -0.1) is 0 Å². The molecule has 27 heavy (non-hydrogen) atoms. The van der Waals surface area contributed by atoms with Crippen molar-refractivity contribution in [3.63, 3.8) is 0 Å². The first-order valence-electron chi connectivity index (χ1n) is 10.8. The van der Waals surface area contributed by atoms with Gasteiger partial charge in [0.15, 0.2) is 6.23 Å². The molecule has 0 aliphatic heterocycles. The third-order valence-electron chi connectivity index (χ3n) is 5.10. The summed E-state index contributed by atoms with van der Waals surface area (Å²) in [6.07, 6.45) is 19.4. The maximum Gasteiger partial charge on any atom is 0.466 e. The largest absolute Gasteiger partial charge is 0.466 e. The SMILES string of the molecule is CCCCCCCCCCCCCCCC[N+](C)(C)C(C)O.O=P(O)(O)O. The van der Waals surface area contributed by atoms with E-state index in [-0.39, 0.29) is 6.23 Å². The Labute approximate surface area is 167 Å². The lowest BCUT2D eigenvalue weighted by Crippen LogP contribution is -2.47. The predicted molar refractivity (Wildman–Crippen MR) is 113 cm³/mol. The molecular formula is C20H47NO5P+. The average Bonchev–Trinajstić information content (AvgIpc) is 2.53. The zero-order valence-electron chi connectivity index (χ0n) is 18.3. The van der Waals surface area contributed by atoms with E-state index in [4.69, 9.17) is 19.2 Å². The van der Waals surface area contributed by atoms with Crippen LogP contribution in [0.25, 0.3) is 0 Å². The molecule has 1 unspecified atom stereocenters. The molecule has 0 bridgehead atoms. The Hall–Kier alpha value is 0.0300. The third kappa shape index (κ3) is 28.3. The molecule has 0 aromatic rings. The van der Waals surface area contributed by atoms with Gasteiger partial charge in [0, 0.05) is 6.92 Å². The van der Waals surface area contributed by atoms with E-state index < -0.39 is 7.82 Å². The summed E-state index contributed by atoms with van der Waals surface area (Å²) in [6.45, 7) is 5.27. The molecule has 0 rings (SSSR count). The quantitative estimate of drug-likeness (QED) is 0.124. The fourth-order valence-electron chi connectivity index (χ4n) is 2.90. The summed E-state index contributed by atoms with van der Waals surface area (Å²) < 4.78 is 9.62. The zero-order valence-corrected chi connectivity index (χ0v) is 19.2. The molecule has 0 saturated heterocycles. The van der Waals surface area contributed by atoms with Crippen LogP contribution in [-0.2, 0) is 4.57 Å². The van der Waals surface area contributed by atoms with E-state index in [9.17, 15) is 5.11 Å². The van der Waals surface area contributed by atoms with Crippen LogP contribution in [0.1, 0.15) is 104 Å². The standard InChI is InChI=1S/C20H44NO.H3O4P/c1-5-6-7-8-9-10-11-12-13-14-15-16-17-18-19-21(3,4)20(2)22;1-5(2,3)4/h20,22H,5-19H2,1-4H3;(H3,1,2,3,4)/q+1;. The highest BCUT2D eigenvalue weighted by atomic mass is 31.2. The number of nitrogens with zero attached hydrogens (tertiary/aromatic N) is 1. The minimum Gasteiger partial charge on any atom is -0.345 e. The Morgan fingerprint density at radius 3 is 1.22 bits per heavy atom. The van der Waals surface area contributed by atoms with E-state index >= 15 is 0 Å². The van der Waals surface area contributed by atoms with E-state index in [0.29, 0.717) is 0 Å². The fourth-order valence-corrected chi connectivity index (χ4v) is 2.90. The van der Waals surface area contributed by atoms with Crippen molar-refractivity contribution in [2.75, 3.05) is 20.6 Å². The normalized spacial score (nSPS) is 13.2. The lowest BCUT2D eigenvalue weighted by molar-refractivity contribution is -0.934. The van der Waals surface area contributed by atoms with Gasteiger partial charge in [-0.3, -0.25) is 0 Å². The van der Waals surface area contributed by atoms with Crippen molar-refractivity contribution < 1.29 is 28.8 Å². The summed E-state index contributed by atoms with van der Waals surface area (Å²) in [5, 5.41) is 9.66. The van der Waals surface area contributed by atoms with Crippen molar-refractivity contribution in [2.45, 2.75) is 110 Å². The summed E-state index contributed by atoms with van der Waals surface area (Å²) in [5.41, 5.74) is 0. The van der Waals surface area contributed by atoms with Gasteiger partial charge in [0.2, 0.25) is 0 Å². The molecule has 0 spiro atoms. The average molecular weight is 413 g/mol. The lowest BCUT2D eigenvalue weighted by Gasteiger charge is -2.32. The monoisotopic (exact) mass is 412 g/mol. The van der Waals surface area contributed by atoms with Crippen molar-refractivity contribution in [3.8, 4) is 0 Å². The van der Waals surface area contributed by atoms with Crippen LogP contribution >= 0.6 is 7.82 Å². The van der Waals surface area contributed by atoms with Crippen molar-refractivity contribution >= 4 is 7.82 Å². The van der Waals surface area contributed by atoms with Crippen LogP contribution in [0.4, 0.5) is 0 Å². The number of unbranched alkanes of at least 4 members (excludes halogenated alkanes) is 13. The van der Waals surface area contributed by atoms with E-state index in [1.165, 1.54) is 89.9 Å². The van der Waals surface area contributed by atoms with Gasteiger partial charge in [0.25, 0.3) is 0 Å². The summed E-state index contributed by atoms with van der Waals surface area (Å²) >= 11 is 0.